The largest absolute Gasteiger partial charge is 0.487 e. The van der Waals surface area contributed by atoms with Gasteiger partial charge in [-0.25, -0.2) is 0 Å². The van der Waals surface area contributed by atoms with Gasteiger partial charge in [0.15, 0.2) is 0 Å². The van der Waals surface area contributed by atoms with Gasteiger partial charge in [0.2, 0.25) is 5.91 Å². The second kappa shape index (κ2) is 8.34. The summed E-state index contributed by atoms with van der Waals surface area (Å²) in [6.45, 7) is 6.14. The Hall–Kier alpha value is -1.36. The number of hydrogen-bond donors (Lipinski definition) is 1. The van der Waals surface area contributed by atoms with E-state index in [-0.39, 0.29) is 17.6 Å². The van der Waals surface area contributed by atoms with E-state index in [4.69, 9.17) is 27.9 Å². The van der Waals surface area contributed by atoms with Gasteiger partial charge in [-0.3, -0.25) is 4.79 Å². The molecule has 1 N–H and O–H groups in total. The molecule has 6 heteroatoms. The minimum absolute atomic E-state index is 0.0133. The molecule has 2 aromatic rings. The topological polar surface area (TPSA) is 38.3 Å². The summed E-state index contributed by atoms with van der Waals surface area (Å²) in [5, 5.41) is 4.41. The van der Waals surface area contributed by atoms with E-state index in [1.807, 2.05) is 31.2 Å². The fraction of sp³-hybridized carbons (Fsp3) is 0.381. The molecule has 0 saturated heterocycles. The van der Waals surface area contributed by atoms with Crippen LogP contribution in [0.25, 0.3) is 0 Å². The maximum absolute atomic E-state index is 12.5. The quantitative estimate of drug-likeness (QED) is 0.644. The fourth-order valence-corrected chi connectivity index (χ4v) is 4.61. The van der Waals surface area contributed by atoms with Crippen LogP contribution in [0.5, 0.6) is 5.75 Å². The molecule has 0 aromatic heterocycles. The van der Waals surface area contributed by atoms with Crippen molar-refractivity contribution in [2.24, 2.45) is 0 Å². The van der Waals surface area contributed by atoms with Crippen LogP contribution in [-0.4, -0.2) is 17.3 Å². The number of ether oxygens (including phenoxy) is 1. The summed E-state index contributed by atoms with van der Waals surface area (Å²) in [5.74, 6) is 1.91. The second-order valence-electron chi connectivity index (χ2n) is 7.46. The first-order valence-corrected chi connectivity index (χ1v) is 10.8. The van der Waals surface area contributed by atoms with E-state index in [2.05, 4.69) is 25.2 Å². The summed E-state index contributed by atoms with van der Waals surface area (Å²) >= 11 is 13.6. The Morgan fingerprint density at radius 3 is 2.78 bits per heavy atom. The lowest BCUT2D eigenvalue weighted by Gasteiger charge is -2.38. The van der Waals surface area contributed by atoms with Crippen LogP contribution in [0.2, 0.25) is 10.0 Å². The van der Waals surface area contributed by atoms with Crippen molar-refractivity contribution >= 4 is 40.9 Å². The van der Waals surface area contributed by atoms with Crippen molar-refractivity contribution in [3.63, 3.8) is 0 Å². The van der Waals surface area contributed by atoms with Gasteiger partial charge in [0.1, 0.15) is 11.4 Å². The summed E-state index contributed by atoms with van der Waals surface area (Å²) < 4.78 is 6.09. The lowest BCUT2D eigenvalue weighted by molar-refractivity contribution is -0.119. The van der Waals surface area contributed by atoms with Crippen molar-refractivity contribution in [1.29, 1.82) is 0 Å². The lowest BCUT2D eigenvalue weighted by atomic mass is 9.89. The van der Waals surface area contributed by atoms with Gasteiger partial charge in [-0.2, -0.15) is 0 Å². The summed E-state index contributed by atoms with van der Waals surface area (Å²) in [4.78, 5) is 12.5. The Labute approximate surface area is 174 Å². The number of aryl methyl sites for hydroxylation is 1. The van der Waals surface area contributed by atoms with E-state index in [9.17, 15) is 4.79 Å². The smallest absolute Gasteiger partial charge is 0.230 e. The number of halogens is 2. The molecule has 3 rings (SSSR count). The summed E-state index contributed by atoms with van der Waals surface area (Å²) in [7, 11) is 0. The summed E-state index contributed by atoms with van der Waals surface area (Å²) in [6.07, 6.45) is 0.739. The Morgan fingerprint density at radius 2 is 2.04 bits per heavy atom. The summed E-state index contributed by atoms with van der Waals surface area (Å²) in [5.41, 5.74) is 2.85. The number of carbonyl (C=O) groups is 1. The Bertz CT molecular complexity index is 854. The third-order valence-electron chi connectivity index (χ3n) is 4.47. The molecular formula is C21H23Cl2NO2S. The van der Waals surface area contributed by atoms with Crippen molar-refractivity contribution in [3.8, 4) is 5.75 Å². The van der Waals surface area contributed by atoms with Crippen molar-refractivity contribution in [3.05, 3.63) is 63.1 Å². The molecule has 0 saturated carbocycles. The Morgan fingerprint density at radius 1 is 1.26 bits per heavy atom. The SMILES string of the molecule is Cc1ccc2c(c1)OC(C)(C)C[C@H]2NC(=O)CSCc1ccc(Cl)cc1Cl. The third kappa shape index (κ3) is 5.34. The number of carbonyl (C=O) groups excluding carboxylic acids is 1. The van der Waals surface area contributed by atoms with E-state index in [1.54, 1.807) is 6.07 Å². The monoisotopic (exact) mass is 423 g/mol. The number of hydrogen-bond acceptors (Lipinski definition) is 3. The van der Waals surface area contributed by atoms with Crippen LogP contribution >= 0.6 is 35.0 Å². The van der Waals surface area contributed by atoms with E-state index < -0.39 is 0 Å². The second-order valence-corrected chi connectivity index (χ2v) is 9.29. The standard InChI is InChI=1S/C21H23Cl2NO2S/c1-13-4-7-16-18(10-21(2,3)26-19(16)8-13)24-20(25)12-27-11-14-5-6-15(22)9-17(14)23/h4-9,18H,10-12H2,1-3H3,(H,24,25)/t18-/m1/s1. The van der Waals surface area contributed by atoms with Crippen LogP contribution in [0.1, 0.15) is 43.0 Å². The van der Waals surface area contributed by atoms with E-state index >= 15 is 0 Å². The van der Waals surface area contributed by atoms with Crippen molar-refractivity contribution in [1.82, 2.24) is 5.32 Å². The lowest BCUT2D eigenvalue weighted by Crippen LogP contribution is -2.41. The van der Waals surface area contributed by atoms with Gasteiger partial charge < -0.3 is 10.1 Å². The molecule has 0 spiro atoms. The fourth-order valence-electron chi connectivity index (χ4n) is 3.22. The van der Waals surface area contributed by atoms with Crippen LogP contribution in [0.3, 0.4) is 0 Å². The molecule has 1 aliphatic rings. The zero-order valence-corrected chi connectivity index (χ0v) is 18.0. The minimum atomic E-state index is -0.317. The number of nitrogens with one attached hydrogen (secondary N) is 1. The first-order valence-electron chi connectivity index (χ1n) is 8.84. The maximum Gasteiger partial charge on any atom is 0.230 e. The van der Waals surface area contributed by atoms with Crippen LogP contribution in [0.4, 0.5) is 0 Å². The van der Waals surface area contributed by atoms with Crippen molar-refractivity contribution < 1.29 is 9.53 Å². The van der Waals surface area contributed by atoms with Crippen LogP contribution < -0.4 is 10.1 Å². The minimum Gasteiger partial charge on any atom is -0.487 e. The predicted molar refractivity (Wildman–Crippen MR) is 114 cm³/mol. The van der Waals surface area contributed by atoms with Gasteiger partial charge in [-0.1, -0.05) is 41.4 Å². The molecule has 1 atom stereocenters. The molecule has 1 heterocycles. The maximum atomic E-state index is 12.5. The molecule has 2 aromatic carbocycles. The van der Waals surface area contributed by atoms with Gasteiger partial charge in [-0.05, 0) is 50.1 Å². The van der Waals surface area contributed by atoms with Crippen LogP contribution in [-0.2, 0) is 10.5 Å². The zero-order chi connectivity index (χ0) is 19.6. The first kappa shape index (κ1) is 20.4. The average Bonchev–Trinajstić information content (AvgIpc) is 2.55. The number of thioether (sulfide) groups is 1. The average molecular weight is 424 g/mol. The van der Waals surface area contributed by atoms with Gasteiger partial charge in [0.25, 0.3) is 0 Å². The normalized spacial score (nSPS) is 17.7. The molecule has 27 heavy (non-hydrogen) atoms. The predicted octanol–water partition coefficient (Wildman–Crippen LogP) is 5.95. The molecule has 0 unspecified atom stereocenters. The zero-order valence-electron chi connectivity index (χ0n) is 15.6. The highest BCUT2D eigenvalue weighted by atomic mass is 35.5. The Kier molecular flexibility index (Phi) is 6.29. The van der Waals surface area contributed by atoms with Gasteiger partial charge in [-0.15, -0.1) is 11.8 Å². The van der Waals surface area contributed by atoms with Crippen LogP contribution in [0.15, 0.2) is 36.4 Å². The van der Waals surface area contributed by atoms with Crippen molar-refractivity contribution in [2.75, 3.05) is 5.75 Å². The molecule has 0 aliphatic carbocycles. The molecule has 1 amide bonds. The van der Waals surface area contributed by atoms with Crippen molar-refractivity contribution in [2.45, 2.75) is 44.6 Å². The van der Waals surface area contributed by atoms with E-state index in [0.717, 1.165) is 28.9 Å². The summed E-state index contributed by atoms with van der Waals surface area (Å²) in [6, 6.07) is 11.5. The van der Waals surface area contributed by atoms with Gasteiger partial charge in [0, 0.05) is 27.8 Å². The molecule has 1 aliphatic heterocycles. The van der Waals surface area contributed by atoms with Crippen LogP contribution in [0, 0.1) is 6.92 Å². The van der Waals surface area contributed by atoms with E-state index in [1.165, 1.54) is 11.8 Å². The molecule has 0 fully saturated rings. The number of amides is 1. The van der Waals surface area contributed by atoms with Gasteiger partial charge >= 0.3 is 0 Å². The Balaban J connectivity index is 1.60. The highest BCUT2D eigenvalue weighted by molar-refractivity contribution is 7.99. The number of fused-ring (bicyclic) bond motifs is 1. The molecule has 144 valence electrons. The number of rotatable bonds is 5. The first-order chi connectivity index (χ1) is 12.7. The van der Waals surface area contributed by atoms with Gasteiger partial charge in [0.05, 0.1) is 11.8 Å². The highest BCUT2D eigenvalue weighted by Crippen LogP contribution is 2.40. The highest BCUT2D eigenvalue weighted by Gasteiger charge is 2.34. The molecular weight excluding hydrogens is 401 g/mol. The number of benzene rings is 2. The molecule has 0 radical (unpaired) electrons. The molecule has 0 bridgehead atoms. The van der Waals surface area contributed by atoms with E-state index in [0.29, 0.717) is 21.6 Å². The third-order valence-corrected chi connectivity index (χ3v) is 6.04. The molecule has 3 nitrogen and oxygen atoms in total.